The van der Waals surface area contributed by atoms with Gasteiger partial charge < -0.3 is 24.5 Å². The zero-order valence-electron chi connectivity index (χ0n) is 23.7. The molecular formula is C31H42N4O5S. The normalized spacial score (nSPS) is 28.9. The minimum atomic E-state index is -0.716. The van der Waals surface area contributed by atoms with E-state index in [1.807, 2.05) is 30.3 Å². The van der Waals surface area contributed by atoms with Crippen LogP contribution in [0.1, 0.15) is 18.4 Å². The zero-order chi connectivity index (χ0) is 29.0. The average Bonchev–Trinajstić information content (AvgIpc) is 3.63. The van der Waals surface area contributed by atoms with E-state index in [4.69, 9.17) is 4.74 Å². The molecule has 1 aromatic carbocycles. The molecule has 0 aromatic heterocycles. The quantitative estimate of drug-likeness (QED) is 0.354. The summed E-state index contributed by atoms with van der Waals surface area (Å²) in [6.45, 7) is 13.0. The van der Waals surface area contributed by atoms with Crippen molar-refractivity contribution in [3.8, 4) is 0 Å². The van der Waals surface area contributed by atoms with Crippen LogP contribution in [-0.4, -0.2) is 124 Å². The number of ether oxygens (including phenoxy) is 1. The summed E-state index contributed by atoms with van der Waals surface area (Å²) in [5.41, 5.74) is 1.02. The number of aliphatic hydroxyl groups is 1. The number of hydrogen-bond donors (Lipinski definition) is 1. The number of amides is 3. The van der Waals surface area contributed by atoms with Gasteiger partial charge in [-0.25, -0.2) is 0 Å². The minimum absolute atomic E-state index is 0.0210. The molecular weight excluding hydrogens is 540 g/mol. The van der Waals surface area contributed by atoms with Crippen molar-refractivity contribution in [2.75, 3.05) is 65.6 Å². The number of aliphatic hydroxyl groups excluding tert-OH is 1. The van der Waals surface area contributed by atoms with Crippen LogP contribution in [0, 0.1) is 11.8 Å². The van der Waals surface area contributed by atoms with E-state index >= 15 is 0 Å². The van der Waals surface area contributed by atoms with Crippen LogP contribution < -0.4 is 0 Å². The Balaban J connectivity index is 1.41. The highest BCUT2D eigenvalue weighted by Crippen LogP contribution is 2.66. The fourth-order valence-electron chi connectivity index (χ4n) is 7.17. The first-order valence-electron chi connectivity index (χ1n) is 14.7. The van der Waals surface area contributed by atoms with E-state index in [1.54, 1.807) is 38.6 Å². The summed E-state index contributed by atoms with van der Waals surface area (Å²) in [6.07, 6.45) is 4.93. The lowest BCUT2D eigenvalue weighted by molar-refractivity contribution is -0.145. The summed E-state index contributed by atoms with van der Waals surface area (Å²) in [4.78, 5) is 50.1. The summed E-state index contributed by atoms with van der Waals surface area (Å²) < 4.78 is 4.78. The second-order valence-corrected chi connectivity index (χ2v) is 12.9. The number of rotatable bonds is 13. The Morgan fingerprint density at radius 1 is 1.07 bits per heavy atom. The fourth-order valence-corrected chi connectivity index (χ4v) is 9.38. The monoisotopic (exact) mass is 582 g/mol. The SMILES string of the molecule is C=CCN(CCN1CCOCC1)C(=O)C1N(CCO)C(=O)[C@@H]2[C@@H](C(=O)N(CC=C)Cc3ccccc3)[C@H]3CCC12S3. The third-order valence-electron chi connectivity index (χ3n) is 8.99. The molecule has 41 heavy (non-hydrogen) atoms. The van der Waals surface area contributed by atoms with Crippen LogP contribution in [0.25, 0.3) is 0 Å². The number of carbonyl (C=O) groups is 3. The highest BCUT2D eigenvalue weighted by molar-refractivity contribution is 8.02. The van der Waals surface area contributed by atoms with Crippen LogP contribution in [0.5, 0.6) is 0 Å². The van der Waals surface area contributed by atoms with Gasteiger partial charge in [0.05, 0.1) is 36.4 Å². The second-order valence-electron chi connectivity index (χ2n) is 11.3. The van der Waals surface area contributed by atoms with Gasteiger partial charge in [-0.05, 0) is 18.4 Å². The number of fused-ring (bicyclic) bond motifs is 1. The molecule has 0 aliphatic carbocycles. The third-order valence-corrected chi connectivity index (χ3v) is 10.9. The number of hydrogen-bond acceptors (Lipinski definition) is 7. The number of benzene rings is 1. The smallest absolute Gasteiger partial charge is 0.247 e. The first kappa shape index (κ1) is 29.8. The minimum Gasteiger partial charge on any atom is -0.395 e. The van der Waals surface area contributed by atoms with Crippen molar-refractivity contribution < 1.29 is 24.2 Å². The molecule has 2 bridgehead atoms. The molecule has 222 valence electrons. The maximum absolute atomic E-state index is 14.4. The number of morpholine rings is 1. The molecule has 10 heteroatoms. The number of thioether (sulfide) groups is 1. The second kappa shape index (κ2) is 13.1. The molecule has 4 heterocycles. The first-order valence-corrected chi connectivity index (χ1v) is 15.6. The van der Waals surface area contributed by atoms with Gasteiger partial charge in [0, 0.05) is 57.6 Å². The van der Waals surface area contributed by atoms with E-state index < -0.39 is 22.6 Å². The lowest BCUT2D eigenvalue weighted by Crippen LogP contribution is -2.56. The van der Waals surface area contributed by atoms with Gasteiger partial charge in [-0.1, -0.05) is 42.5 Å². The van der Waals surface area contributed by atoms with E-state index in [1.165, 1.54) is 0 Å². The molecule has 4 fully saturated rings. The summed E-state index contributed by atoms with van der Waals surface area (Å²) in [5.74, 6) is -1.46. The van der Waals surface area contributed by atoms with Gasteiger partial charge in [-0.15, -0.1) is 24.9 Å². The van der Waals surface area contributed by atoms with Crippen LogP contribution in [0.15, 0.2) is 55.6 Å². The highest BCUT2D eigenvalue weighted by Gasteiger charge is 2.74. The number of likely N-dealkylation sites (tertiary alicyclic amines) is 1. The molecule has 9 nitrogen and oxygen atoms in total. The van der Waals surface area contributed by atoms with Crippen molar-refractivity contribution in [3.05, 3.63) is 61.2 Å². The van der Waals surface area contributed by atoms with Gasteiger partial charge in [0.2, 0.25) is 17.7 Å². The Bertz CT molecular complexity index is 1130. The Morgan fingerprint density at radius 3 is 2.46 bits per heavy atom. The first-order chi connectivity index (χ1) is 19.9. The van der Waals surface area contributed by atoms with Gasteiger partial charge in [-0.2, -0.15) is 0 Å². The molecule has 3 amide bonds. The Morgan fingerprint density at radius 2 is 1.78 bits per heavy atom. The van der Waals surface area contributed by atoms with Crippen LogP contribution in [0.4, 0.5) is 0 Å². The molecule has 1 N–H and O–H groups in total. The molecule has 4 aliphatic heterocycles. The molecule has 0 radical (unpaired) electrons. The molecule has 5 rings (SSSR count). The molecule has 4 aliphatic rings. The summed E-state index contributed by atoms with van der Waals surface area (Å²) in [6, 6.07) is 9.11. The van der Waals surface area contributed by atoms with Crippen molar-refractivity contribution in [1.82, 2.24) is 19.6 Å². The lowest BCUT2D eigenvalue weighted by atomic mass is 9.70. The van der Waals surface area contributed by atoms with E-state index in [9.17, 15) is 19.5 Å². The van der Waals surface area contributed by atoms with Gasteiger partial charge in [0.25, 0.3) is 0 Å². The number of β-amino-alcohol motifs (C(OH)–C–C–N with tert-alkyl or cyclic N) is 1. The lowest BCUT2D eigenvalue weighted by Gasteiger charge is -2.38. The number of carbonyl (C=O) groups excluding carboxylic acids is 3. The number of nitrogens with zero attached hydrogens (tertiary/aromatic N) is 4. The van der Waals surface area contributed by atoms with Crippen LogP contribution >= 0.6 is 11.8 Å². The maximum atomic E-state index is 14.4. The van der Waals surface area contributed by atoms with Crippen molar-refractivity contribution in [3.63, 3.8) is 0 Å². The molecule has 1 spiro atoms. The maximum Gasteiger partial charge on any atom is 0.247 e. The van der Waals surface area contributed by atoms with Crippen LogP contribution in [0.3, 0.4) is 0 Å². The summed E-state index contributed by atoms with van der Waals surface area (Å²) in [7, 11) is 0. The van der Waals surface area contributed by atoms with Gasteiger partial charge >= 0.3 is 0 Å². The topological polar surface area (TPSA) is 93.6 Å². The summed E-state index contributed by atoms with van der Waals surface area (Å²) in [5, 5.41) is 9.92. The van der Waals surface area contributed by atoms with E-state index in [0.29, 0.717) is 52.4 Å². The molecule has 0 saturated carbocycles. The molecule has 2 unspecified atom stereocenters. The van der Waals surface area contributed by atoms with Crippen molar-refractivity contribution >= 4 is 29.5 Å². The highest BCUT2D eigenvalue weighted by atomic mass is 32.2. The average molecular weight is 583 g/mol. The third kappa shape index (κ3) is 5.71. The Hall–Kier alpha value is -2.66. The van der Waals surface area contributed by atoms with E-state index in [0.717, 1.165) is 25.1 Å². The van der Waals surface area contributed by atoms with Crippen molar-refractivity contribution in [2.45, 2.75) is 35.4 Å². The standard InChI is InChI=1S/C31H42N4O5S/c1-3-12-33(15-14-32-17-20-40-21-18-32)30(39)27-31-11-10-24(41-31)25(26(31)29(38)35(27)16-19-36)28(37)34(13-4-2)22-23-8-6-5-7-9-23/h3-9,24-27,36H,1-2,10-22H2/t24-,25+,26+,27?,31?/m1/s1. The van der Waals surface area contributed by atoms with E-state index in [2.05, 4.69) is 18.1 Å². The van der Waals surface area contributed by atoms with Crippen LogP contribution in [-0.2, 0) is 25.7 Å². The van der Waals surface area contributed by atoms with E-state index in [-0.39, 0.29) is 36.1 Å². The largest absolute Gasteiger partial charge is 0.395 e. The van der Waals surface area contributed by atoms with Crippen LogP contribution in [0.2, 0.25) is 0 Å². The molecule has 4 saturated heterocycles. The van der Waals surface area contributed by atoms with Crippen molar-refractivity contribution in [2.24, 2.45) is 11.8 Å². The predicted octanol–water partition coefficient (Wildman–Crippen LogP) is 1.63. The zero-order valence-corrected chi connectivity index (χ0v) is 24.6. The Labute approximate surface area is 247 Å². The predicted molar refractivity (Wildman–Crippen MR) is 159 cm³/mol. The molecule has 5 atom stereocenters. The Kier molecular flexibility index (Phi) is 9.53. The van der Waals surface area contributed by atoms with Gasteiger partial charge in [-0.3, -0.25) is 19.3 Å². The van der Waals surface area contributed by atoms with Gasteiger partial charge in [0.1, 0.15) is 6.04 Å². The van der Waals surface area contributed by atoms with Crippen molar-refractivity contribution in [1.29, 1.82) is 0 Å². The van der Waals surface area contributed by atoms with Gasteiger partial charge in [0.15, 0.2) is 0 Å². The fraction of sp³-hybridized carbons (Fsp3) is 0.581. The summed E-state index contributed by atoms with van der Waals surface area (Å²) >= 11 is 1.66. The molecule has 1 aromatic rings.